The van der Waals surface area contributed by atoms with Crippen LogP contribution in [0.2, 0.25) is 0 Å². The first-order valence-electron chi connectivity index (χ1n) is 7.99. The van der Waals surface area contributed by atoms with Gasteiger partial charge in [-0.1, -0.05) is 30.3 Å². The monoisotopic (exact) mass is 353 g/mol. The average Bonchev–Trinajstić information content (AvgIpc) is 2.92. The van der Waals surface area contributed by atoms with Gasteiger partial charge in [0.15, 0.2) is 11.5 Å². The van der Waals surface area contributed by atoms with Crippen LogP contribution in [0.3, 0.4) is 0 Å². The summed E-state index contributed by atoms with van der Waals surface area (Å²) in [7, 11) is 0. The van der Waals surface area contributed by atoms with Gasteiger partial charge in [-0.25, -0.2) is 19.7 Å². The van der Waals surface area contributed by atoms with Gasteiger partial charge in [-0.2, -0.15) is 0 Å². The Labute approximate surface area is 147 Å². The van der Waals surface area contributed by atoms with Crippen LogP contribution < -0.4 is 10.6 Å². The van der Waals surface area contributed by atoms with Crippen molar-refractivity contribution in [2.75, 3.05) is 18.1 Å². The van der Waals surface area contributed by atoms with Crippen LogP contribution in [-0.4, -0.2) is 44.5 Å². The minimum absolute atomic E-state index is 0.0784. The van der Waals surface area contributed by atoms with Gasteiger partial charge in [-0.15, -0.1) is 0 Å². The molecule has 1 fully saturated rings. The van der Waals surface area contributed by atoms with Gasteiger partial charge >= 0.3 is 5.69 Å². The molecule has 1 saturated heterocycles. The van der Waals surface area contributed by atoms with Crippen molar-refractivity contribution in [2.45, 2.75) is 13.5 Å². The van der Waals surface area contributed by atoms with Gasteiger partial charge in [0.05, 0.1) is 6.54 Å². The Morgan fingerprint density at radius 3 is 2.46 bits per heavy atom. The number of aromatic amines is 1. The number of benzene rings is 1. The number of imidazole rings is 1. The Balaban J connectivity index is 1.89. The number of hydrogen-bond acceptors (Lipinski definition) is 6. The molecule has 0 radical (unpaired) electrons. The van der Waals surface area contributed by atoms with Crippen molar-refractivity contribution in [2.24, 2.45) is 0 Å². The average molecular weight is 353 g/mol. The van der Waals surface area contributed by atoms with Crippen LogP contribution in [0.1, 0.15) is 11.4 Å². The summed E-state index contributed by atoms with van der Waals surface area (Å²) in [6.07, 6.45) is 0. The van der Waals surface area contributed by atoms with E-state index in [1.54, 1.807) is 6.92 Å². The minimum Gasteiger partial charge on any atom is -0.362 e. The summed E-state index contributed by atoms with van der Waals surface area (Å²) in [5.41, 5.74) is 1.12. The van der Waals surface area contributed by atoms with E-state index < -0.39 is 17.5 Å². The fourth-order valence-corrected chi connectivity index (χ4v) is 2.93. The van der Waals surface area contributed by atoms with Crippen LogP contribution in [-0.2, 0) is 20.9 Å². The van der Waals surface area contributed by atoms with Gasteiger partial charge in [0.2, 0.25) is 0 Å². The third-order valence-corrected chi connectivity index (χ3v) is 4.06. The van der Waals surface area contributed by atoms with Crippen LogP contribution in [0.15, 0.2) is 35.1 Å². The Morgan fingerprint density at radius 1 is 1.08 bits per heavy atom. The van der Waals surface area contributed by atoms with Crippen molar-refractivity contribution < 1.29 is 14.3 Å². The second kappa shape index (κ2) is 6.19. The number of amides is 2. The van der Waals surface area contributed by atoms with Crippen molar-refractivity contribution in [1.29, 1.82) is 0 Å². The second-order valence-electron chi connectivity index (χ2n) is 5.91. The lowest BCUT2D eigenvalue weighted by molar-refractivity contribution is -0.138. The largest absolute Gasteiger partial charge is 0.362 e. The molecule has 1 aliphatic heterocycles. The van der Waals surface area contributed by atoms with E-state index in [-0.39, 0.29) is 24.5 Å². The van der Waals surface area contributed by atoms with E-state index in [0.717, 1.165) is 10.5 Å². The molecule has 4 rings (SSSR count). The van der Waals surface area contributed by atoms with Crippen molar-refractivity contribution in [3.63, 3.8) is 0 Å². The maximum absolute atomic E-state index is 12.5. The number of imide groups is 1. The molecule has 9 nitrogen and oxygen atoms in total. The van der Waals surface area contributed by atoms with Gasteiger partial charge in [0.1, 0.15) is 24.6 Å². The third kappa shape index (κ3) is 2.68. The highest BCUT2D eigenvalue weighted by Crippen LogP contribution is 2.23. The van der Waals surface area contributed by atoms with E-state index in [9.17, 15) is 14.4 Å². The van der Waals surface area contributed by atoms with Crippen molar-refractivity contribution in [3.05, 3.63) is 52.2 Å². The van der Waals surface area contributed by atoms with Crippen LogP contribution >= 0.6 is 0 Å². The Hall–Kier alpha value is -3.33. The number of morpholine rings is 1. The molecule has 2 aromatic heterocycles. The maximum atomic E-state index is 12.5. The molecule has 0 saturated carbocycles. The Kier molecular flexibility index (Phi) is 3.85. The molecule has 1 aliphatic rings. The number of H-pyrrole nitrogens is 1. The molecule has 0 atom stereocenters. The molecule has 3 heterocycles. The molecular formula is C17H15N5O4. The maximum Gasteiger partial charge on any atom is 0.328 e. The van der Waals surface area contributed by atoms with Crippen molar-refractivity contribution in [3.8, 4) is 0 Å². The zero-order chi connectivity index (χ0) is 18.3. The summed E-state index contributed by atoms with van der Waals surface area (Å²) < 4.78 is 6.39. The standard InChI is InChI=1S/C17H15N5O4/c1-10-18-15-14(16(19-10)22-12(23)8-26-9-13(22)24)20-17(25)21(15)7-11-5-3-2-4-6-11/h2-6H,7-9H2,1H3,(H,20,25). The number of ether oxygens (including phenoxy) is 1. The van der Waals surface area contributed by atoms with Crippen molar-refractivity contribution >= 4 is 28.8 Å². The van der Waals surface area contributed by atoms with Gasteiger partial charge in [0, 0.05) is 0 Å². The molecule has 1 aromatic carbocycles. The van der Waals surface area contributed by atoms with Gasteiger partial charge in [-0.05, 0) is 12.5 Å². The van der Waals surface area contributed by atoms with Crippen LogP contribution in [0.4, 0.5) is 5.82 Å². The van der Waals surface area contributed by atoms with E-state index >= 15 is 0 Å². The number of carbonyl (C=O) groups excluding carboxylic acids is 2. The smallest absolute Gasteiger partial charge is 0.328 e. The minimum atomic E-state index is -0.530. The number of aryl methyl sites for hydroxylation is 1. The summed E-state index contributed by atoms with van der Waals surface area (Å²) in [6.45, 7) is 1.51. The third-order valence-electron chi connectivity index (χ3n) is 4.06. The number of aromatic nitrogens is 4. The summed E-state index contributed by atoms with van der Waals surface area (Å²) >= 11 is 0. The molecule has 2 amide bonds. The van der Waals surface area contributed by atoms with Gasteiger partial charge in [0.25, 0.3) is 11.8 Å². The van der Waals surface area contributed by atoms with E-state index in [2.05, 4.69) is 15.0 Å². The number of rotatable bonds is 3. The van der Waals surface area contributed by atoms with Crippen LogP contribution in [0, 0.1) is 6.92 Å². The predicted octanol–water partition coefficient (Wildman–Crippen LogP) is 0.366. The molecular weight excluding hydrogens is 338 g/mol. The normalized spacial score (nSPS) is 15.0. The summed E-state index contributed by atoms with van der Waals surface area (Å²) in [5.74, 6) is -0.635. The first-order valence-corrected chi connectivity index (χ1v) is 7.99. The molecule has 0 unspecified atom stereocenters. The van der Waals surface area contributed by atoms with E-state index in [0.29, 0.717) is 18.0 Å². The SMILES string of the molecule is Cc1nc(N2C(=O)COCC2=O)c2[nH]c(=O)n(Cc3ccccc3)c2n1. The quantitative estimate of drug-likeness (QED) is 0.681. The zero-order valence-corrected chi connectivity index (χ0v) is 13.9. The van der Waals surface area contributed by atoms with E-state index in [1.807, 2.05) is 30.3 Å². The number of hydrogen-bond donors (Lipinski definition) is 1. The molecule has 0 spiro atoms. The molecule has 0 aliphatic carbocycles. The first-order chi connectivity index (χ1) is 12.5. The predicted molar refractivity (Wildman–Crippen MR) is 91.7 cm³/mol. The van der Waals surface area contributed by atoms with E-state index in [1.165, 1.54) is 4.57 Å². The molecule has 9 heteroatoms. The van der Waals surface area contributed by atoms with Crippen molar-refractivity contribution in [1.82, 2.24) is 19.5 Å². The number of fused-ring (bicyclic) bond motifs is 1. The Morgan fingerprint density at radius 2 is 1.77 bits per heavy atom. The second-order valence-corrected chi connectivity index (χ2v) is 5.91. The van der Waals surface area contributed by atoms with E-state index in [4.69, 9.17) is 4.74 Å². The summed E-state index contributed by atoms with van der Waals surface area (Å²) in [4.78, 5) is 49.0. The number of nitrogens with one attached hydrogen (secondary N) is 1. The topological polar surface area (TPSA) is 110 Å². The van der Waals surface area contributed by atoms with Crippen LogP contribution in [0.25, 0.3) is 11.2 Å². The summed E-state index contributed by atoms with van der Waals surface area (Å²) in [6, 6.07) is 9.45. The fraction of sp³-hybridized carbons (Fsp3) is 0.235. The number of anilines is 1. The number of carbonyl (C=O) groups is 2. The number of nitrogens with zero attached hydrogens (tertiary/aromatic N) is 4. The molecule has 26 heavy (non-hydrogen) atoms. The highest BCUT2D eigenvalue weighted by Gasteiger charge is 2.32. The Bertz CT molecular complexity index is 1050. The first kappa shape index (κ1) is 16.2. The van der Waals surface area contributed by atoms with Crippen LogP contribution in [0.5, 0.6) is 0 Å². The highest BCUT2D eigenvalue weighted by molar-refractivity contribution is 6.19. The summed E-state index contributed by atoms with van der Waals surface area (Å²) in [5, 5.41) is 0. The van der Waals surface area contributed by atoms with Gasteiger partial charge < -0.3 is 9.72 Å². The molecule has 3 aromatic rings. The van der Waals surface area contributed by atoms with Gasteiger partial charge in [-0.3, -0.25) is 14.2 Å². The highest BCUT2D eigenvalue weighted by atomic mass is 16.5. The zero-order valence-electron chi connectivity index (χ0n) is 13.9. The molecule has 0 bridgehead atoms. The molecule has 132 valence electrons. The lowest BCUT2D eigenvalue weighted by Gasteiger charge is -2.24. The lowest BCUT2D eigenvalue weighted by Crippen LogP contribution is -2.47. The lowest BCUT2D eigenvalue weighted by atomic mass is 10.2. The molecule has 1 N–H and O–H groups in total. The fourth-order valence-electron chi connectivity index (χ4n) is 2.93.